The van der Waals surface area contributed by atoms with Crippen LogP contribution < -0.4 is 5.46 Å². The van der Waals surface area contributed by atoms with Gasteiger partial charge in [0, 0.05) is 6.20 Å². The highest BCUT2D eigenvalue weighted by Gasteiger charge is 2.32. The van der Waals surface area contributed by atoms with Crippen molar-refractivity contribution in [2.24, 2.45) is 0 Å². The zero-order chi connectivity index (χ0) is 12.1. The number of nitrogens with zero attached hydrogens (tertiary/aromatic N) is 1. The van der Waals surface area contributed by atoms with Crippen LogP contribution in [0, 0.1) is 0 Å². The summed E-state index contributed by atoms with van der Waals surface area (Å²) in [5.41, 5.74) is -0.595. The van der Waals surface area contributed by atoms with E-state index in [-0.39, 0.29) is 0 Å². The van der Waals surface area contributed by atoms with Gasteiger partial charge in [0.2, 0.25) is 0 Å². The van der Waals surface area contributed by atoms with Crippen LogP contribution in [0.3, 0.4) is 0 Å². The van der Waals surface area contributed by atoms with E-state index < -0.39 is 16.6 Å². The quantitative estimate of drug-likeness (QED) is 0.633. The molecule has 0 aliphatic carbocycles. The van der Waals surface area contributed by atoms with Crippen molar-refractivity contribution >= 4 is 32.6 Å². The van der Waals surface area contributed by atoms with E-state index in [1.165, 1.54) is 6.07 Å². The summed E-state index contributed by atoms with van der Waals surface area (Å²) in [6, 6.07) is 2.05. The standard InChI is InChI=1S/C6H4BF3INO.C2H6/c8-6(9,10)5-2-1-4(3-12-5)7(11)13;1-2/h1-3,13H;1-2H3. The third-order valence-corrected chi connectivity index (χ3v) is 2.07. The second-order valence-corrected chi connectivity index (χ2v) is 3.49. The fraction of sp³-hybridized carbons (Fsp3) is 0.375. The lowest BCUT2D eigenvalue weighted by Crippen LogP contribution is -2.24. The zero-order valence-electron chi connectivity index (χ0n) is 8.22. The van der Waals surface area contributed by atoms with Crippen molar-refractivity contribution in [2.45, 2.75) is 20.0 Å². The van der Waals surface area contributed by atoms with E-state index in [2.05, 4.69) is 4.98 Å². The smallest absolute Gasteiger partial charge is 0.433 e. The lowest BCUT2D eigenvalue weighted by molar-refractivity contribution is -0.141. The first-order valence-electron chi connectivity index (χ1n) is 4.26. The van der Waals surface area contributed by atoms with Crippen LogP contribution in [0.2, 0.25) is 0 Å². The van der Waals surface area contributed by atoms with Gasteiger partial charge in [-0.1, -0.05) is 19.9 Å². The first-order valence-corrected chi connectivity index (χ1v) is 5.51. The molecule has 0 fully saturated rings. The molecule has 0 atom stereocenters. The number of pyridine rings is 1. The van der Waals surface area contributed by atoms with Gasteiger partial charge in [0.25, 0.3) is 0 Å². The van der Waals surface area contributed by atoms with Gasteiger partial charge in [-0.25, -0.2) is 0 Å². The summed E-state index contributed by atoms with van der Waals surface area (Å²) < 4.78 is 35.2. The summed E-state index contributed by atoms with van der Waals surface area (Å²) in [6.07, 6.45) is -3.41. The Hall–Kier alpha value is -0.305. The minimum absolute atomic E-state index is 0.355. The summed E-state index contributed by atoms with van der Waals surface area (Å²) in [6.45, 7) is 4.00. The highest BCUT2D eigenvalue weighted by Crippen LogP contribution is 2.26. The fourth-order valence-electron chi connectivity index (χ4n) is 0.714. The fourth-order valence-corrected chi connectivity index (χ4v) is 1.08. The zero-order valence-corrected chi connectivity index (χ0v) is 10.4. The maximum absolute atomic E-state index is 12.0. The van der Waals surface area contributed by atoms with Gasteiger partial charge in [-0.15, -0.1) is 22.4 Å². The highest BCUT2D eigenvalue weighted by molar-refractivity contribution is 14.1. The molecule has 1 heterocycles. The predicted molar refractivity (Wildman–Crippen MR) is 62.2 cm³/mol. The highest BCUT2D eigenvalue weighted by atomic mass is 127. The molecule has 0 unspecified atom stereocenters. The average molecular weight is 331 g/mol. The minimum Gasteiger partial charge on any atom is -0.438 e. The Labute approximate surface area is 99.9 Å². The molecule has 1 aromatic heterocycles. The van der Waals surface area contributed by atoms with Crippen LogP contribution in [-0.4, -0.2) is 14.8 Å². The number of rotatable bonds is 1. The van der Waals surface area contributed by atoms with E-state index in [0.717, 1.165) is 12.3 Å². The summed E-state index contributed by atoms with van der Waals surface area (Å²) in [7, 11) is 0. The molecule has 1 aromatic rings. The molecule has 0 aliphatic heterocycles. The van der Waals surface area contributed by atoms with Crippen molar-refractivity contribution in [3.63, 3.8) is 0 Å². The van der Waals surface area contributed by atoms with E-state index >= 15 is 0 Å². The molecule has 15 heavy (non-hydrogen) atoms. The Kier molecular flexibility index (Phi) is 6.19. The predicted octanol–water partition coefficient (Wildman–Crippen LogP) is 2.25. The second kappa shape index (κ2) is 6.31. The Morgan fingerprint density at radius 2 is 1.87 bits per heavy atom. The summed E-state index contributed by atoms with van der Waals surface area (Å²) >= 11 is 1.68. The van der Waals surface area contributed by atoms with Crippen LogP contribution in [0.25, 0.3) is 0 Å². The third-order valence-electron chi connectivity index (χ3n) is 1.35. The molecule has 0 aromatic carbocycles. The molecule has 84 valence electrons. The Bertz CT molecular complexity index is 289. The second-order valence-electron chi connectivity index (χ2n) is 2.31. The van der Waals surface area contributed by atoms with Crippen molar-refractivity contribution in [3.8, 4) is 0 Å². The van der Waals surface area contributed by atoms with Gasteiger partial charge in [0.15, 0.2) is 0 Å². The lowest BCUT2D eigenvalue weighted by atomic mass is 9.90. The molecular formula is C8H10BF3INO. The average Bonchev–Trinajstić information content (AvgIpc) is 2.20. The molecule has 0 radical (unpaired) electrons. The van der Waals surface area contributed by atoms with E-state index in [1.807, 2.05) is 13.8 Å². The van der Waals surface area contributed by atoms with Gasteiger partial charge in [0.1, 0.15) is 5.69 Å². The van der Waals surface area contributed by atoms with Gasteiger partial charge < -0.3 is 5.02 Å². The van der Waals surface area contributed by atoms with Crippen molar-refractivity contribution in [2.75, 3.05) is 0 Å². The number of hydrogen-bond donors (Lipinski definition) is 1. The summed E-state index contributed by atoms with van der Waals surface area (Å²) in [4.78, 5) is 3.18. The van der Waals surface area contributed by atoms with E-state index in [4.69, 9.17) is 5.02 Å². The van der Waals surface area contributed by atoms with Crippen molar-refractivity contribution in [1.29, 1.82) is 0 Å². The number of halogens is 4. The largest absolute Gasteiger partial charge is 0.438 e. The molecule has 0 saturated carbocycles. The monoisotopic (exact) mass is 331 g/mol. The Balaban J connectivity index is 0.000000921. The van der Waals surface area contributed by atoms with Gasteiger partial charge in [-0.05, 0) is 11.5 Å². The lowest BCUT2D eigenvalue weighted by Gasteiger charge is -2.05. The van der Waals surface area contributed by atoms with Crippen molar-refractivity contribution in [3.05, 3.63) is 24.0 Å². The minimum atomic E-state index is -4.42. The molecule has 7 heteroatoms. The Morgan fingerprint density at radius 3 is 2.13 bits per heavy atom. The van der Waals surface area contributed by atoms with Gasteiger partial charge >= 0.3 is 10.9 Å². The van der Waals surface area contributed by atoms with Crippen molar-refractivity contribution < 1.29 is 18.2 Å². The molecular weight excluding hydrogens is 321 g/mol. The summed E-state index contributed by atoms with van der Waals surface area (Å²) in [5.74, 6) is 0. The van der Waals surface area contributed by atoms with E-state index in [1.54, 1.807) is 22.4 Å². The molecule has 0 spiro atoms. The molecule has 0 amide bonds. The first kappa shape index (κ1) is 14.7. The van der Waals surface area contributed by atoms with Gasteiger partial charge in [-0.2, -0.15) is 13.2 Å². The topological polar surface area (TPSA) is 33.1 Å². The molecule has 0 aliphatic rings. The third kappa shape index (κ3) is 4.83. The van der Waals surface area contributed by atoms with E-state index in [9.17, 15) is 13.2 Å². The SMILES string of the molecule is CC.OB(I)c1ccc(C(F)(F)F)nc1. The molecule has 0 bridgehead atoms. The Morgan fingerprint density at radius 1 is 1.33 bits per heavy atom. The molecule has 1 N–H and O–H groups in total. The summed E-state index contributed by atoms with van der Waals surface area (Å²) in [5, 5.41) is 8.98. The van der Waals surface area contributed by atoms with Crippen LogP contribution in [0.1, 0.15) is 19.5 Å². The molecule has 1 rings (SSSR count). The van der Waals surface area contributed by atoms with Crippen LogP contribution in [0.5, 0.6) is 0 Å². The van der Waals surface area contributed by atoms with Crippen LogP contribution in [0.15, 0.2) is 18.3 Å². The van der Waals surface area contributed by atoms with Crippen LogP contribution >= 0.6 is 22.4 Å². The molecule has 2 nitrogen and oxygen atoms in total. The molecule has 0 saturated heterocycles. The van der Waals surface area contributed by atoms with E-state index in [0.29, 0.717) is 5.46 Å². The maximum atomic E-state index is 12.0. The van der Waals surface area contributed by atoms with Crippen molar-refractivity contribution in [1.82, 2.24) is 4.98 Å². The maximum Gasteiger partial charge on any atom is 0.433 e. The normalized spacial score (nSPS) is 10.3. The number of aromatic nitrogens is 1. The number of hydrogen-bond acceptors (Lipinski definition) is 2. The van der Waals surface area contributed by atoms with Crippen LogP contribution in [0.4, 0.5) is 13.2 Å². The van der Waals surface area contributed by atoms with Crippen LogP contribution in [-0.2, 0) is 6.18 Å². The van der Waals surface area contributed by atoms with Gasteiger partial charge in [0.05, 0.1) is 0 Å². The number of alkyl halides is 3. The van der Waals surface area contributed by atoms with Gasteiger partial charge in [-0.3, -0.25) is 4.98 Å². The first-order chi connectivity index (χ1) is 6.91.